The van der Waals surface area contributed by atoms with Crippen molar-refractivity contribution < 1.29 is 22.7 Å². The van der Waals surface area contributed by atoms with E-state index in [1.165, 1.54) is 25.4 Å². The number of hydrogen-bond donors (Lipinski definition) is 1. The van der Waals surface area contributed by atoms with Crippen LogP contribution in [0.4, 0.5) is 0 Å². The van der Waals surface area contributed by atoms with Gasteiger partial charge in [0.2, 0.25) is 10.0 Å². The molecule has 1 N–H and O–H groups in total. The Morgan fingerprint density at radius 2 is 1.91 bits per heavy atom. The van der Waals surface area contributed by atoms with Crippen molar-refractivity contribution in [1.29, 1.82) is 0 Å². The van der Waals surface area contributed by atoms with Gasteiger partial charge in [-0.25, -0.2) is 13.1 Å². The van der Waals surface area contributed by atoms with Crippen LogP contribution < -0.4 is 9.46 Å². The van der Waals surface area contributed by atoms with E-state index in [1.807, 2.05) is 24.3 Å². The van der Waals surface area contributed by atoms with E-state index in [0.717, 1.165) is 28.9 Å². The molecule has 0 bridgehead atoms. The van der Waals surface area contributed by atoms with Gasteiger partial charge in [0.05, 0.1) is 19.2 Å². The summed E-state index contributed by atoms with van der Waals surface area (Å²) in [6, 6.07) is 15.3. The number of fused-ring (bicyclic) bond motifs is 2. The summed E-state index contributed by atoms with van der Waals surface area (Å²) >= 11 is 0. The Morgan fingerprint density at radius 1 is 1.09 bits per heavy atom. The number of amides is 2. The lowest BCUT2D eigenvalue weighted by atomic mass is 9.88. The molecule has 2 aromatic carbocycles. The van der Waals surface area contributed by atoms with Gasteiger partial charge in [-0.2, -0.15) is 0 Å². The van der Waals surface area contributed by atoms with Gasteiger partial charge in [-0.15, -0.1) is 0 Å². The van der Waals surface area contributed by atoms with Gasteiger partial charge in [0, 0.05) is 12.2 Å². The standard InChI is InChI=1S/C25H23N3O5S/c1-33-21-12-11-16(15-28-24(29)19-9-5-13-26-23(19)25(28)30)14-22(21)34(31,32)27-20-10-4-7-17-6-2-3-8-18(17)20/h2-3,5-6,8-9,11-14,20,27H,4,7,10,15H2,1H3. The molecule has 0 radical (unpaired) electrons. The topological polar surface area (TPSA) is 106 Å². The number of carbonyl (C=O) groups is 2. The summed E-state index contributed by atoms with van der Waals surface area (Å²) in [6.45, 7) is -0.0766. The van der Waals surface area contributed by atoms with Gasteiger partial charge in [-0.1, -0.05) is 30.3 Å². The number of aromatic nitrogens is 1. The van der Waals surface area contributed by atoms with E-state index in [9.17, 15) is 18.0 Å². The summed E-state index contributed by atoms with van der Waals surface area (Å²) in [7, 11) is -2.56. The molecular formula is C25H23N3O5S. The lowest BCUT2D eigenvalue weighted by Crippen LogP contribution is -2.32. The fraction of sp³-hybridized carbons (Fsp3) is 0.240. The zero-order valence-corrected chi connectivity index (χ0v) is 19.3. The predicted molar refractivity (Wildman–Crippen MR) is 124 cm³/mol. The minimum absolute atomic E-state index is 0.0368. The highest BCUT2D eigenvalue weighted by Gasteiger charge is 2.37. The van der Waals surface area contributed by atoms with E-state index in [-0.39, 0.29) is 34.5 Å². The number of hydrogen-bond acceptors (Lipinski definition) is 6. The van der Waals surface area contributed by atoms with Crippen molar-refractivity contribution in [2.24, 2.45) is 0 Å². The number of rotatable bonds is 6. The molecule has 174 valence electrons. The first-order valence-electron chi connectivity index (χ1n) is 11.0. The van der Waals surface area contributed by atoms with E-state index >= 15 is 0 Å². The largest absolute Gasteiger partial charge is 0.495 e. The Kier molecular flexibility index (Phi) is 5.66. The van der Waals surface area contributed by atoms with Gasteiger partial charge < -0.3 is 4.74 Å². The van der Waals surface area contributed by atoms with Crippen LogP contribution in [0.3, 0.4) is 0 Å². The van der Waals surface area contributed by atoms with Crippen molar-refractivity contribution in [2.75, 3.05) is 7.11 Å². The predicted octanol–water partition coefficient (Wildman–Crippen LogP) is 3.24. The molecule has 2 aliphatic rings. The van der Waals surface area contributed by atoms with E-state index in [0.29, 0.717) is 12.0 Å². The first-order valence-corrected chi connectivity index (χ1v) is 12.5. The van der Waals surface area contributed by atoms with Crippen LogP contribution in [-0.4, -0.2) is 37.2 Å². The molecule has 1 unspecified atom stereocenters. The average Bonchev–Trinajstić information content (AvgIpc) is 3.09. The van der Waals surface area contributed by atoms with Crippen LogP contribution in [0.1, 0.15) is 56.4 Å². The molecule has 8 nitrogen and oxygen atoms in total. The van der Waals surface area contributed by atoms with Crippen LogP contribution in [0.25, 0.3) is 0 Å². The Bertz CT molecular complexity index is 1370. The third kappa shape index (κ3) is 3.86. The second-order valence-electron chi connectivity index (χ2n) is 8.35. The molecule has 9 heteroatoms. The van der Waals surface area contributed by atoms with Crippen LogP contribution in [0, 0.1) is 0 Å². The van der Waals surface area contributed by atoms with Crippen molar-refractivity contribution >= 4 is 21.8 Å². The smallest absolute Gasteiger partial charge is 0.280 e. The van der Waals surface area contributed by atoms with Crippen LogP contribution in [0.15, 0.2) is 65.7 Å². The summed E-state index contributed by atoms with van der Waals surface area (Å²) in [5, 5.41) is 0. The molecule has 3 aromatic rings. The Labute approximate surface area is 197 Å². The maximum atomic E-state index is 13.4. The summed E-state index contributed by atoms with van der Waals surface area (Å²) in [4.78, 5) is 30.4. The van der Waals surface area contributed by atoms with Gasteiger partial charge in [-0.05, 0) is 60.2 Å². The highest BCUT2D eigenvalue weighted by Crippen LogP contribution is 2.33. The number of aryl methyl sites for hydroxylation is 1. The van der Waals surface area contributed by atoms with Gasteiger partial charge in [0.15, 0.2) is 0 Å². The lowest BCUT2D eigenvalue weighted by Gasteiger charge is -2.26. The van der Waals surface area contributed by atoms with Gasteiger partial charge in [-0.3, -0.25) is 19.5 Å². The van der Waals surface area contributed by atoms with E-state index < -0.39 is 21.8 Å². The van der Waals surface area contributed by atoms with Crippen LogP contribution >= 0.6 is 0 Å². The minimum Gasteiger partial charge on any atom is -0.495 e. The van der Waals surface area contributed by atoms with Crippen molar-refractivity contribution in [1.82, 2.24) is 14.6 Å². The molecule has 0 fully saturated rings. The third-order valence-corrected chi connectivity index (χ3v) is 7.75. The molecule has 1 aromatic heterocycles. The van der Waals surface area contributed by atoms with Gasteiger partial charge in [0.25, 0.3) is 11.8 Å². The third-order valence-electron chi connectivity index (χ3n) is 6.26. The zero-order chi connectivity index (χ0) is 23.9. The first-order chi connectivity index (χ1) is 16.4. The van der Waals surface area contributed by atoms with Crippen LogP contribution in [0.5, 0.6) is 5.75 Å². The minimum atomic E-state index is -3.96. The SMILES string of the molecule is COc1ccc(CN2C(=O)c3cccnc3C2=O)cc1S(=O)(=O)NC1CCCc2ccccc21. The Balaban J connectivity index is 1.44. The summed E-state index contributed by atoms with van der Waals surface area (Å²) in [5.41, 5.74) is 2.95. The average molecular weight is 478 g/mol. The van der Waals surface area contributed by atoms with Gasteiger partial charge >= 0.3 is 0 Å². The molecule has 0 saturated carbocycles. The number of pyridine rings is 1. The monoisotopic (exact) mass is 477 g/mol. The number of nitrogens with one attached hydrogen (secondary N) is 1. The highest BCUT2D eigenvalue weighted by atomic mass is 32.2. The number of carbonyl (C=O) groups excluding carboxylic acids is 2. The number of imide groups is 1. The zero-order valence-electron chi connectivity index (χ0n) is 18.5. The van der Waals surface area contributed by atoms with Crippen molar-refractivity contribution in [3.05, 3.63) is 88.7 Å². The normalized spacial score (nSPS) is 17.4. The van der Waals surface area contributed by atoms with E-state index in [1.54, 1.807) is 18.2 Å². The summed E-state index contributed by atoms with van der Waals surface area (Å²) in [6.07, 6.45) is 3.96. The molecule has 2 heterocycles. The summed E-state index contributed by atoms with van der Waals surface area (Å²) < 4.78 is 35.0. The molecule has 5 rings (SSSR count). The van der Waals surface area contributed by atoms with Crippen molar-refractivity contribution in [3.8, 4) is 5.75 Å². The lowest BCUT2D eigenvalue weighted by molar-refractivity contribution is 0.0640. The summed E-state index contributed by atoms with van der Waals surface area (Å²) in [5.74, 6) is -0.771. The molecule has 2 amide bonds. The van der Waals surface area contributed by atoms with Crippen molar-refractivity contribution in [3.63, 3.8) is 0 Å². The molecule has 1 atom stereocenters. The molecule has 0 saturated heterocycles. The van der Waals surface area contributed by atoms with E-state index in [2.05, 4.69) is 9.71 Å². The fourth-order valence-electron chi connectivity index (χ4n) is 4.60. The maximum Gasteiger partial charge on any atom is 0.280 e. The maximum absolute atomic E-state index is 13.4. The number of methoxy groups -OCH3 is 1. The Hall–Kier alpha value is -3.56. The van der Waals surface area contributed by atoms with Crippen molar-refractivity contribution in [2.45, 2.75) is 36.7 Å². The molecule has 34 heavy (non-hydrogen) atoms. The second kappa shape index (κ2) is 8.66. The highest BCUT2D eigenvalue weighted by molar-refractivity contribution is 7.89. The number of nitrogens with zero attached hydrogens (tertiary/aromatic N) is 2. The van der Waals surface area contributed by atoms with Crippen LogP contribution in [-0.2, 0) is 23.0 Å². The fourth-order valence-corrected chi connectivity index (χ4v) is 6.07. The first kappa shape index (κ1) is 22.2. The number of ether oxygens (including phenoxy) is 1. The second-order valence-corrected chi connectivity index (χ2v) is 10.0. The number of benzene rings is 2. The Morgan fingerprint density at radius 3 is 2.71 bits per heavy atom. The molecule has 1 aliphatic carbocycles. The molecule has 1 aliphatic heterocycles. The van der Waals surface area contributed by atoms with Gasteiger partial charge in [0.1, 0.15) is 16.3 Å². The van der Waals surface area contributed by atoms with Crippen LogP contribution in [0.2, 0.25) is 0 Å². The molecular weight excluding hydrogens is 454 g/mol. The van der Waals surface area contributed by atoms with E-state index in [4.69, 9.17) is 4.74 Å². The quantitative estimate of drug-likeness (QED) is 0.547. The molecule has 0 spiro atoms. The number of sulfonamides is 1.